The van der Waals surface area contributed by atoms with Gasteiger partial charge in [-0.05, 0) is 67.4 Å². The van der Waals surface area contributed by atoms with E-state index in [1.807, 2.05) is 35.4 Å². The summed E-state index contributed by atoms with van der Waals surface area (Å²) >= 11 is 1.65. The highest BCUT2D eigenvalue weighted by atomic mass is 32.2. The van der Waals surface area contributed by atoms with Crippen molar-refractivity contribution in [3.8, 4) is 0 Å². The number of carbonyl (C=O) groups excluding carboxylic acids is 1. The second-order valence-corrected chi connectivity index (χ2v) is 11.0. The number of aliphatic imine (C=N–C) groups is 2. The smallest absolute Gasteiger partial charge is 0.259 e. The third-order valence-electron chi connectivity index (χ3n) is 7.20. The van der Waals surface area contributed by atoms with Gasteiger partial charge in [-0.1, -0.05) is 76.9 Å². The van der Waals surface area contributed by atoms with E-state index in [2.05, 4.69) is 64.0 Å². The Balaban J connectivity index is 1.76. The van der Waals surface area contributed by atoms with Crippen molar-refractivity contribution in [2.45, 2.75) is 69.2 Å². The van der Waals surface area contributed by atoms with Crippen LogP contribution in [0.25, 0.3) is 5.70 Å². The molecule has 4 rings (SSSR count). The van der Waals surface area contributed by atoms with E-state index in [1.54, 1.807) is 24.1 Å². The van der Waals surface area contributed by atoms with Crippen molar-refractivity contribution in [2.24, 2.45) is 21.8 Å². The van der Waals surface area contributed by atoms with Crippen LogP contribution in [0.2, 0.25) is 0 Å². The molecule has 192 valence electrons. The molecular formula is C32H37N3OS. The first-order valence-corrected chi connectivity index (χ1v) is 14.1. The Morgan fingerprint density at radius 1 is 1.11 bits per heavy atom. The number of hydrogen-bond acceptors (Lipinski definition) is 4. The van der Waals surface area contributed by atoms with Crippen molar-refractivity contribution in [1.82, 2.24) is 0 Å². The summed E-state index contributed by atoms with van der Waals surface area (Å²) in [5, 5.41) is 0. The molecule has 2 aromatic carbocycles. The molecule has 0 bridgehead atoms. The predicted molar refractivity (Wildman–Crippen MR) is 159 cm³/mol. The van der Waals surface area contributed by atoms with Gasteiger partial charge in [-0.15, -0.1) is 0 Å². The van der Waals surface area contributed by atoms with Crippen LogP contribution in [-0.2, 0) is 0 Å². The second kappa shape index (κ2) is 11.9. The SMILES string of the molecule is C=CC=N/C=C(/C(=NC(=C)c1ccc2c(c1)Sc1ccccc1C(=O)N2C1CC1)C(C)CC)C(C)CC. The van der Waals surface area contributed by atoms with Gasteiger partial charge < -0.3 is 4.90 Å². The zero-order chi connectivity index (χ0) is 26.5. The van der Waals surface area contributed by atoms with Crippen molar-refractivity contribution in [2.75, 3.05) is 4.90 Å². The summed E-state index contributed by atoms with van der Waals surface area (Å²) in [6, 6.07) is 14.5. The highest BCUT2D eigenvalue weighted by molar-refractivity contribution is 7.99. The summed E-state index contributed by atoms with van der Waals surface area (Å²) in [5.41, 5.74) is 5.62. The van der Waals surface area contributed by atoms with Gasteiger partial charge in [-0.2, -0.15) is 0 Å². The van der Waals surface area contributed by atoms with Crippen LogP contribution in [0, 0.1) is 11.8 Å². The third kappa shape index (κ3) is 5.88. The number of anilines is 1. The van der Waals surface area contributed by atoms with Crippen LogP contribution in [-0.4, -0.2) is 23.9 Å². The fraction of sp³-hybridized carbons (Fsp3) is 0.344. The lowest BCUT2D eigenvalue weighted by Crippen LogP contribution is -2.32. The first kappa shape index (κ1) is 26.9. The number of carbonyl (C=O) groups is 1. The molecule has 1 amide bonds. The molecule has 1 fully saturated rings. The first-order valence-electron chi connectivity index (χ1n) is 13.3. The molecule has 0 spiro atoms. The molecule has 0 radical (unpaired) electrons. The van der Waals surface area contributed by atoms with Gasteiger partial charge in [0.05, 0.1) is 16.9 Å². The minimum Gasteiger partial charge on any atom is -0.304 e. The van der Waals surface area contributed by atoms with E-state index in [1.165, 1.54) is 0 Å². The van der Waals surface area contributed by atoms with E-state index in [0.717, 1.165) is 69.3 Å². The molecule has 0 N–H and O–H groups in total. The summed E-state index contributed by atoms with van der Waals surface area (Å²) in [7, 11) is 0. The standard InChI is InChI=1S/C32H37N3OS/c1-7-18-33-20-27(21(4)8-2)31(22(5)9-3)34-23(6)24-14-17-28-30(19-24)37-29-13-11-10-12-26(29)32(36)35(28)25-15-16-25/h7,10-14,17-22,25H,1,6,8-9,15-16H2,2-5H3/b27-20+,33-18?,34-31?. The maximum absolute atomic E-state index is 13.5. The van der Waals surface area contributed by atoms with E-state index in [0.29, 0.717) is 5.92 Å². The number of hydrogen-bond donors (Lipinski definition) is 0. The van der Waals surface area contributed by atoms with Crippen LogP contribution in [0.5, 0.6) is 0 Å². The van der Waals surface area contributed by atoms with Gasteiger partial charge in [0.1, 0.15) is 0 Å². The van der Waals surface area contributed by atoms with Gasteiger partial charge in [-0.25, -0.2) is 0 Å². The Labute approximate surface area is 226 Å². The molecule has 2 atom stereocenters. The van der Waals surface area contributed by atoms with Gasteiger partial charge in [0.15, 0.2) is 0 Å². The number of nitrogens with zero attached hydrogens (tertiary/aromatic N) is 3. The van der Waals surface area contributed by atoms with Crippen LogP contribution in [0.4, 0.5) is 5.69 Å². The van der Waals surface area contributed by atoms with Gasteiger partial charge in [0.25, 0.3) is 5.91 Å². The Hall–Kier alpha value is -3.18. The molecule has 0 aromatic heterocycles. The monoisotopic (exact) mass is 511 g/mol. The minimum atomic E-state index is 0.0939. The van der Waals surface area contributed by atoms with Crippen molar-refractivity contribution in [3.05, 3.63) is 84.6 Å². The Morgan fingerprint density at radius 2 is 1.84 bits per heavy atom. The molecule has 5 heteroatoms. The average Bonchev–Trinajstić information content (AvgIpc) is 3.76. The molecule has 2 aromatic rings. The molecule has 0 saturated heterocycles. The predicted octanol–water partition coefficient (Wildman–Crippen LogP) is 8.61. The van der Waals surface area contributed by atoms with Crippen molar-refractivity contribution in [3.63, 3.8) is 0 Å². The molecule has 1 aliphatic carbocycles. The van der Waals surface area contributed by atoms with Crippen LogP contribution >= 0.6 is 11.8 Å². The number of allylic oxidation sites excluding steroid dienone is 2. The normalized spacial score (nSPS) is 17.7. The van der Waals surface area contributed by atoms with Crippen LogP contribution in [0.1, 0.15) is 69.3 Å². The Morgan fingerprint density at radius 3 is 2.51 bits per heavy atom. The Kier molecular flexibility index (Phi) is 8.65. The topological polar surface area (TPSA) is 45.0 Å². The van der Waals surface area contributed by atoms with E-state index in [9.17, 15) is 4.79 Å². The number of benzene rings is 2. The van der Waals surface area contributed by atoms with Crippen LogP contribution in [0.15, 0.2) is 93.2 Å². The highest BCUT2D eigenvalue weighted by Crippen LogP contribution is 2.46. The molecule has 4 nitrogen and oxygen atoms in total. The number of amides is 1. The quantitative estimate of drug-likeness (QED) is 0.300. The summed E-state index contributed by atoms with van der Waals surface area (Å²) < 4.78 is 0. The van der Waals surface area contributed by atoms with Gasteiger partial charge in [-0.3, -0.25) is 14.8 Å². The third-order valence-corrected chi connectivity index (χ3v) is 8.32. The fourth-order valence-electron chi connectivity index (χ4n) is 4.47. The molecule has 1 aliphatic heterocycles. The molecular weight excluding hydrogens is 474 g/mol. The maximum atomic E-state index is 13.5. The van der Waals surface area contributed by atoms with Gasteiger partial charge in [0.2, 0.25) is 0 Å². The average molecular weight is 512 g/mol. The summed E-state index contributed by atoms with van der Waals surface area (Å²) in [4.78, 5) is 27.1. The molecule has 37 heavy (non-hydrogen) atoms. The van der Waals surface area contributed by atoms with E-state index >= 15 is 0 Å². The van der Waals surface area contributed by atoms with Gasteiger partial charge in [0, 0.05) is 39.5 Å². The van der Waals surface area contributed by atoms with Crippen molar-refractivity contribution < 1.29 is 4.79 Å². The maximum Gasteiger partial charge on any atom is 0.259 e. The van der Waals surface area contributed by atoms with Crippen LogP contribution in [0.3, 0.4) is 0 Å². The lowest BCUT2D eigenvalue weighted by atomic mass is 9.87. The minimum absolute atomic E-state index is 0.0939. The largest absolute Gasteiger partial charge is 0.304 e. The molecule has 1 saturated carbocycles. The van der Waals surface area contributed by atoms with E-state index in [4.69, 9.17) is 4.99 Å². The first-order chi connectivity index (χ1) is 17.9. The molecule has 2 aliphatic rings. The zero-order valence-corrected chi connectivity index (χ0v) is 23.2. The lowest BCUT2D eigenvalue weighted by Gasteiger charge is -2.23. The lowest BCUT2D eigenvalue weighted by molar-refractivity contribution is 0.0982. The fourth-order valence-corrected chi connectivity index (χ4v) is 5.58. The Bertz CT molecular complexity index is 1280. The van der Waals surface area contributed by atoms with Crippen molar-refractivity contribution >= 4 is 41.0 Å². The highest BCUT2D eigenvalue weighted by Gasteiger charge is 2.38. The second-order valence-electron chi connectivity index (χ2n) is 9.87. The van der Waals surface area contributed by atoms with Crippen molar-refractivity contribution in [1.29, 1.82) is 0 Å². The van der Waals surface area contributed by atoms with E-state index in [-0.39, 0.29) is 17.9 Å². The number of rotatable bonds is 10. The summed E-state index contributed by atoms with van der Waals surface area (Å²) in [6.45, 7) is 16.9. The van der Waals surface area contributed by atoms with Crippen LogP contribution < -0.4 is 4.90 Å². The van der Waals surface area contributed by atoms with Gasteiger partial charge >= 0.3 is 0 Å². The zero-order valence-electron chi connectivity index (χ0n) is 22.4. The summed E-state index contributed by atoms with van der Waals surface area (Å²) in [5.74, 6) is 0.678. The van der Waals surface area contributed by atoms with E-state index < -0.39 is 0 Å². The molecule has 2 unspecified atom stereocenters. The summed E-state index contributed by atoms with van der Waals surface area (Å²) in [6.07, 6.45) is 9.39. The molecule has 1 heterocycles. The number of fused-ring (bicyclic) bond motifs is 2.